The number of rotatable bonds is 7. The van der Waals surface area contributed by atoms with E-state index < -0.39 is 11.7 Å². The number of amides is 2. The number of ether oxygens (including phenoxy) is 1. The van der Waals surface area contributed by atoms with Crippen molar-refractivity contribution >= 4 is 33.4 Å². The van der Waals surface area contributed by atoms with E-state index >= 15 is 0 Å². The van der Waals surface area contributed by atoms with Crippen molar-refractivity contribution in [1.82, 2.24) is 10.3 Å². The number of pyridine rings is 1. The van der Waals surface area contributed by atoms with Crippen LogP contribution in [0.15, 0.2) is 71.3 Å². The molecule has 29 heavy (non-hydrogen) atoms. The molecule has 0 radical (unpaired) electrons. The molecule has 0 aliphatic rings. The van der Waals surface area contributed by atoms with Gasteiger partial charge in [-0.3, -0.25) is 9.59 Å². The van der Waals surface area contributed by atoms with E-state index in [9.17, 15) is 14.0 Å². The second-order valence-electron chi connectivity index (χ2n) is 6.08. The van der Waals surface area contributed by atoms with Crippen LogP contribution in [-0.2, 0) is 16.0 Å². The topological polar surface area (TPSA) is 80.3 Å². The van der Waals surface area contributed by atoms with Crippen LogP contribution in [0.5, 0.6) is 11.6 Å². The van der Waals surface area contributed by atoms with Crippen molar-refractivity contribution < 1.29 is 18.7 Å². The van der Waals surface area contributed by atoms with Gasteiger partial charge >= 0.3 is 0 Å². The number of carbonyl (C=O) groups is 2. The molecule has 3 rings (SSSR count). The number of benzene rings is 2. The molecular weight excluding hydrogens is 441 g/mol. The van der Waals surface area contributed by atoms with Gasteiger partial charge in [-0.15, -0.1) is 0 Å². The van der Waals surface area contributed by atoms with Crippen molar-refractivity contribution in [2.45, 2.75) is 6.42 Å². The first-order chi connectivity index (χ1) is 14.0. The Morgan fingerprint density at radius 2 is 1.86 bits per heavy atom. The molecule has 2 amide bonds. The van der Waals surface area contributed by atoms with Gasteiger partial charge in [0.2, 0.25) is 17.7 Å². The quantitative estimate of drug-likeness (QED) is 0.560. The van der Waals surface area contributed by atoms with Gasteiger partial charge in [0, 0.05) is 10.5 Å². The number of carbonyl (C=O) groups excluding carboxylic acids is 2. The maximum absolute atomic E-state index is 13.1. The van der Waals surface area contributed by atoms with Crippen LogP contribution in [0.2, 0.25) is 0 Å². The fourth-order valence-corrected chi connectivity index (χ4v) is 2.82. The summed E-state index contributed by atoms with van der Waals surface area (Å²) in [6, 6.07) is 16.4. The molecule has 0 unspecified atom stereocenters. The number of anilines is 1. The lowest BCUT2D eigenvalue weighted by Crippen LogP contribution is -2.33. The average Bonchev–Trinajstić information content (AvgIpc) is 2.68. The summed E-state index contributed by atoms with van der Waals surface area (Å²) in [6.07, 6.45) is 1.45. The molecule has 0 aliphatic heterocycles. The van der Waals surface area contributed by atoms with E-state index in [2.05, 4.69) is 31.5 Å². The Bertz CT molecular complexity index is 1010. The van der Waals surface area contributed by atoms with Gasteiger partial charge in [0.1, 0.15) is 11.6 Å². The minimum absolute atomic E-state index is 0.00572. The molecule has 0 saturated heterocycles. The maximum Gasteiger partial charge on any atom is 0.243 e. The minimum Gasteiger partial charge on any atom is -0.439 e. The van der Waals surface area contributed by atoms with Crippen molar-refractivity contribution in [2.75, 3.05) is 11.9 Å². The summed E-state index contributed by atoms with van der Waals surface area (Å²) in [7, 11) is 0. The van der Waals surface area contributed by atoms with Gasteiger partial charge in [-0.2, -0.15) is 0 Å². The van der Waals surface area contributed by atoms with Crippen molar-refractivity contribution in [3.05, 3.63) is 82.7 Å². The molecule has 148 valence electrons. The third-order valence-electron chi connectivity index (χ3n) is 3.74. The maximum atomic E-state index is 13.1. The predicted octanol–water partition coefficient (Wildman–Crippen LogP) is 4.07. The molecule has 8 heteroatoms. The van der Waals surface area contributed by atoms with Crippen LogP contribution >= 0.6 is 15.9 Å². The average molecular weight is 458 g/mol. The van der Waals surface area contributed by atoms with E-state index in [0.29, 0.717) is 22.9 Å². The monoisotopic (exact) mass is 457 g/mol. The fraction of sp³-hybridized carbons (Fsp3) is 0.0952. The fourth-order valence-electron chi connectivity index (χ4n) is 2.44. The van der Waals surface area contributed by atoms with E-state index in [1.165, 1.54) is 24.4 Å². The summed E-state index contributed by atoms with van der Waals surface area (Å²) in [4.78, 5) is 28.0. The van der Waals surface area contributed by atoms with Gasteiger partial charge in [-0.05, 0) is 42.0 Å². The van der Waals surface area contributed by atoms with Crippen LogP contribution < -0.4 is 15.4 Å². The first kappa shape index (κ1) is 20.5. The Morgan fingerprint density at radius 3 is 2.59 bits per heavy atom. The number of nitrogens with one attached hydrogen (secondary N) is 2. The van der Waals surface area contributed by atoms with E-state index in [4.69, 9.17) is 4.74 Å². The Morgan fingerprint density at radius 1 is 1.03 bits per heavy atom. The van der Waals surface area contributed by atoms with E-state index in [1.54, 1.807) is 24.3 Å². The van der Waals surface area contributed by atoms with Crippen LogP contribution in [-0.4, -0.2) is 23.3 Å². The number of aromatic nitrogens is 1. The molecule has 6 nitrogen and oxygen atoms in total. The molecule has 1 heterocycles. The molecule has 0 spiro atoms. The van der Waals surface area contributed by atoms with Crippen LogP contribution in [0, 0.1) is 5.82 Å². The van der Waals surface area contributed by atoms with Crippen molar-refractivity contribution in [2.24, 2.45) is 0 Å². The van der Waals surface area contributed by atoms with Gasteiger partial charge in [0.15, 0.2) is 0 Å². The lowest BCUT2D eigenvalue weighted by molar-refractivity contribution is -0.123. The highest BCUT2D eigenvalue weighted by atomic mass is 79.9. The Kier molecular flexibility index (Phi) is 6.91. The molecule has 0 fully saturated rings. The van der Waals surface area contributed by atoms with Crippen LogP contribution in [0.25, 0.3) is 0 Å². The van der Waals surface area contributed by atoms with E-state index in [0.717, 1.165) is 4.47 Å². The second kappa shape index (κ2) is 9.79. The highest BCUT2D eigenvalue weighted by molar-refractivity contribution is 9.10. The number of nitrogens with zero attached hydrogens (tertiary/aromatic N) is 1. The van der Waals surface area contributed by atoms with E-state index in [-0.39, 0.29) is 18.9 Å². The molecule has 0 atom stereocenters. The molecule has 0 aliphatic carbocycles. The Balaban J connectivity index is 1.46. The third kappa shape index (κ3) is 6.69. The van der Waals surface area contributed by atoms with Gasteiger partial charge < -0.3 is 15.4 Å². The first-order valence-electron chi connectivity index (χ1n) is 8.68. The first-order valence-corrected chi connectivity index (χ1v) is 9.48. The minimum atomic E-state index is -0.409. The van der Waals surface area contributed by atoms with Crippen molar-refractivity contribution in [3.63, 3.8) is 0 Å². The predicted molar refractivity (Wildman–Crippen MR) is 110 cm³/mol. The zero-order valence-corrected chi connectivity index (χ0v) is 16.8. The summed E-state index contributed by atoms with van der Waals surface area (Å²) in [5.74, 6) is -0.177. The molecule has 1 aromatic heterocycles. The standard InChI is InChI=1S/C21H17BrFN3O3/c22-15-4-2-6-18(11-15)29-21-8-7-17(12-25-21)26-20(28)13-24-19(27)10-14-3-1-5-16(23)9-14/h1-9,11-12H,10,13H2,(H,24,27)(H,26,28). The summed E-state index contributed by atoms with van der Waals surface area (Å²) in [5, 5.41) is 5.13. The van der Waals surface area contributed by atoms with Crippen molar-refractivity contribution in [3.8, 4) is 11.6 Å². The van der Waals surface area contributed by atoms with Crippen LogP contribution in [0.3, 0.4) is 0 Å². The Hall–Kier alpha value is -3.26. The van der Waals surface area contributed by atoms with Gasteiger partial charge in [-0.25, -0.2) is 9.37 Å². The number of hydrogen-bond acceptors (Lipinski definition) is 4. The van der Waals surface area contributed by atoms with E-state index in [1.807, 2.05) is 18.2 Å². The molecular formula is C21H17BrFN3O3. The van der Waals surface area contributed by atoms with Gasteiger partial charge in [0.25, 0.3) is 0 Å². The lowest BCUT2D eigenvalue weighted by atomic mass is 10.1. The summed E-state index contributed by atoms with van der Waals surface area (Å²) in [6.45, 7) is -0.204. The van der Waals surface area contributed by atoms with Crippen molar-refractivity contribution in [1.29, 1.82) is 0 Å². The van der Waals surface area contributed by atoms with Crippen LogP contribution in [0.1, 0.15) is 5.56 Å². The number of halogens is 2. The molecule has 0 saturated carbocycles. The highest BCUT2D eigenvalue weighted by Gasteiger charge is 2.08. The molecule has 2 aromatic carbocycles. The number of hydrogen-bond donors (Lipinski definition) is 2. The molecule has 3 aromatic rings. The third-order valence-corrected chi connectivity index (χ3v) is 4.23. The van der Waals surface area contributed by atoms with Crippen LogP contribution in [0.4, 0.5) is 10.1 Å². The summed E-state index contributed by atoms with van der Waals surface area (Å²) >= 11 is 3.37. The molecule has 2 N–H and O–H groups in total. The lowest BCUT2D eigenvalue weighted by Gasteiger charge is -2.08. The zero-order chi connectivity index (χ0) is 20.6. The smallest absolute Gasteiger partial charge is 0.243 e. The summed E-state index contributed by atoms with van der Waals surface area (Å²) < 4.78 is 19.6. The zero-order valence-electron chi connectivity index (χ0n) is 15.2. The SMILES string of the molecule is O=C(Cc1cccc(F)c1)NCC(=O)Nc1ccc(Oc2cccc(Br)c2)nc1. The Labute approximate surface area is 175 Å². The van der Waals surface area contributed by atoms with Gasteiger partial charge in [0.05, 0.1) is 24.8 Å². The molecule has 0 bridgehead atoms. The van der Waals surface area contributed by atoms with Gasteiger partial charge in [-0.1, -0.05) is 34.1 Å². The second-order valence-corrected chi connectivity index (χ2v) is 6.99. The largest absolute Gasteiger partial charge is 0.439 e. The highest BCUT2D eigenvalue weighted by Crippen LogP contribution is 2.23. The summed E-state index contributed by atoms with van der Waals surface area (Å²) in [5.41, 5.74) is 1.00. The normalized spacial score (nSPS) is 10.3.